The van der Waals surface area contributed by atoms with Crippen molar-refractivity contribution in [2.75, 3.05) is 11.5 Å². The Balaban J connectivity index is 2.00. The predicted molar refractivity (Wildman–Crippen MR) is 125 cm³/mol. The lowest BCUT2D eigenvalue weighted by Gasteiger charge is -2.24. The number of hydrogen-bond acceptors (Lipinski definition) is 3. The predicted octanol–water partition coefficient (Wildman–Crippen LogP) is 6.63. The van der Waals surface area contributed by atoms with E-state index in [0.717, 1.165) is 16.7 Å². The van der Waals surface area contributed by atoms with Crippen LogP contribution in [-0.4, -0.2) is 18.5 Å². The van der Waals surface area contributed by atoms with E-state index in [-0.39, 0.29) is 12.5 Å². The van der Waals surface area contributed by atoms with Gasteiger partial charge in [-0.1, -0.05) is 35.3 Å². The number of benzene rings is 3. The molecule has 0 fully saturated rings. The third-order valence-corrected chi connectivity index (χ3v) is 5.62. The minimum Gasteiger partial charge on any atom is -0.462 e. The maximum Gasteiger partial charge on any atom is 0.338 e. The minimum atomic E-state index is -0.401. The van der Waals surface area contributed by atoms with E-state index < -0.39 is 5.97 Å². The molecule has 3 rings (SSSR count). The number of esters is 1. The second-order valence-electron chi connectivity index (χ2n) is 7.19. The zero-order valence-electron chi connectivity index (χ0n) is 17.6. The fourth-order valence-electron chi connectivity index (χ4n) is 3.12. The number of rotatable bonds is 6. The molecule has 0 saturated heterocycles. The molecule has 0 N–H and O–H groups in total. The minimum absolute atomic E-state index is 0.169. The Labute approximate surface area is 192 Å². The Bertz CT molecular complexity index is 1110. The number of anilines is 1. The lowest BCUT2D eigenvalue weighted by molar-refractivity contribution is 0.0526. The van der Waals surface area contributed by atoms with Gasteiger partial charge in [-0.2, -0.15) is 0 Å². The van der Waals surface area contributed by atoms with Crippen LogP contribution in [0.3, 0.4) is 0 Å². The zero-order chi connectivity index (χ0) is 22.5. The lowest BCUT2D eigenvalue weighted by Crippen LogP contribution is -2.30. The Morgan fingerprint density at radius 1 is 0.871 bits per heavy atom. The van der Waals surface area contributed by atoms with Crippen molar-refractivity contribution in [3.63, 3.8) is 0 Å². The molecular weight excluding hydrogens is 433 g/mol. The summed E-state index contributed by atoms with van der Waals surface area (Å²) in [6.07, 6.45) is 0. The number of carbonyl (C=O) groups excluding carboxylic acids is 2. The average molecular weight is 456 g/mol. The molecule has 160 valence electrons. The van der Waals surface area contributed by atoms with Crippen LogP contribution >= 0.6 is 23.2 Å². The molecule has 0 unspecified atom stereocenters. The van der Waals surface area contributed by atoms with E-state index in [4.69, 9.17) is 27.9 Å². The molecule has 0 spiro atoms. The second-order valence-corrected chi connectivity index (χ2v) is 8.04. The van der Waals surface area contributed by atoms with Gasteiger partial charge >= 0.3 is 5.97 Å². The molecule has 0 saturated carbocycles. The zero-order valence-corrected chi connectivity index (χ0v) is 19.1. The van der Waals surface area contributed by atoms with Crippen LogP contribution in [-0.2, 0) is 11.3 Å². The summed E-state index contributed by atoms with van der Waals surface area (Å²) in [6.45, 7) is 6.28. The van der Waals surface area contributed by atoms with Crippen LogP contribution < -0.4 is 4.90 Å². The molecule has 0 aliphatic rings. The van der Waals surface area contributed by atoms with Crippen LogP contribution in [0.15, 0.2) is 60.7 Å². The van der Waals surface area contributed by atoms with E-state index in [1.165, 1.54) is 0 Å². The van der Waals surface area contributed by atoms with Gasteiger partial charge in [0.15, 0.2) is 0 Å². The summed E-state index contributed by atoms with van der Waals surface area (Å²) in [6, 6.07) is 17.6. The normalized spacial score (nSPS) is 10.6. The molecule has 6 heteroatoms. The fraction of sp³-hybridized carbons (Fsp3) is 0.200. The molecule has 0 atom stereocenters. The van der Waals surface area contributed by atoms with E-state index >= 15 is 0 Å². The topological polar surface area (TPSA) is 46.6 Å². The highest BCUT2D eigenvalue weighted by molar-refractivity contribution is 6.35. The van der Waals surface area contributed by atoms with Crippen LogP contribution in [0.5, 0.6) is 0 Å². The second kappa shape index (κ2) is 9.99. The summed E-state index contributed by atoms with van der Waals surface area (Å²) in [7, 11) is 0. The highest BCUT2D eigenvalue weighted by Crippen LogP contribution is 2.27. The molecule has 0 aliphatic carbocycles. The molecular formula is C25H23Cl2NO3. The van der Waals surface area contributed by atoms with Gasteiger partial charge in [0.2, 0.25) is 0 Å². The smallest absolute Gasteiger partial charge is 0.338 e. The van der Waals surface area contributed by atoms with Crippen LogP contribution in [0.1, 0.15) is 44.3 Å². The molecule has 4 nitrogen and oxygen atoms in total. The number of ether oxygens (including phenoxy) is 1. The third-order valence-electron chi connectivity index (χ3n) is 5.03. The monoisotopic (exact) mass is 455 g/mol. The van der Waals surface area contributed by atoms with Crippen molar-refractivity contribution in [2.24, 2.45) is 0 Å². The van der Waals surface area contributed by atoms with Gasteiger partial charge in [0, 0.05) is 21.3 Å². The van der Waals surface area contributed by atoms with Crippen molar-refractivity contribution in [1.29, 1.82) is 0 Å². The van der Waals surface area contributed by atoms with Gasteiger partial charge < -0.3 is 9.64 Å². The number of aryl methyl sites for hydroxylation is 2. The van der Waals surface area contributed by atoms with Gasteiger partial charge in [-0.05, 0) is 86.0 Å². The first-order valence-electron chi connectivity index (χ1n) is 9.90. The van der Waals surface area contributed by atoms with Gasteiger partial charge in [0.1, 0.15) is 0 Å². The van der Waals surface area contributed by atoms with Crippen LogP contribution in [0.2, 0.25) is 10.0 Å². The number of nitrogens with zero attached hydrogens (tertiary/aromatic N) is 1. The van der Waals surface area contributed by atoms with Crippen LogP contribution in [0.4, 0.5) is 5.69 Å². The molecule has 0 aromatic heterocycles. The standard InChI is InChI=1S/C25H23Cl2NO3/c1-4-31-25(30)18-8-11-22(12-9-18)28(15-20-7-10-21(26)14-23(20)27)24(29)19-6-5-16(2)17(3)13-19/h5-14H,4,15H2,1-3H3. The summed E-state index contributed by atoms with van der Waals surface area (Å²) in [5.41, 5.74) is 4.55. The molecule has 0 heterocycles. The maximum absolute atomic E-state index is 13.5. The molecule has 3 aromatic carbocycles. The molecule has 0 radical (unpaired) electrons. The first-order valence-corrected chi connectivity index (χ1v) is 10.7. The third kappa shape index (κ3) is 5.46. The molecule has 3 aromatic rings. The summed E-state index contributed by atoms with van der Waals surface area (Å²) in [4.78, 5) is 27.1. The highest BCUT2D eigenvalue weighted by atomic mass is 35.5. The number of amides is 1. The van der Waals surface area contributed by atoms with Crippen LogP contribution in [0, 0.1) is 13.8 Å². The van der Waals surface area contributed by atoms with Crippen LogP contribution in [0.25, 0.3) is 0 Å². The molecule has 0 bridgehead atoms. The Morgan fingerprint density at radius 2 is 1.55 bits per heavy atom. The number of halogens is 2. The molecule has 31 heavy (non-hydrogen) atoms. The highest BCUT2D eigenvalue weighted by Gasteiger charge is 2.20. The number of hydrogen-bond donors (Lipinski definition) is 0. The van der Waals surface area contributed by atoms with E-state index in [1.807, 2.05) is 32.0 Å². The fourth-order valence-corrected chi connectivity index (χ4v) is 3.59. The Kier molecular flexibility index (Phi) is 7.37. The van der Waals surface area contributed by atoms with Gasteiger partial charge in [-0.15, -0.1) is 0 Å². The van der Waals surface area contributed by atoms with E-state index in [2.05, 4.69) is 0 Å². The SMILES string of the molecule is CCOC(=O)c1ccc(N(Cc2ccc(Cl)cc2Cl)C(=O)c2ccc(C)c(C)c2)cc1. The Morgan fingerprint density at radius 3 is 2.16 bits per heavy atom. The average Bonchev–Trinajstić information content (AvgIpc) is 2.75. The maximum atomic E-state index is 13.5. The van der Waals surface area contributed by atoms with E-state index in [0.29, 0.717) is 33.5 Å². The van der Waals surface area contributed by atoms with Crippen molar-refractivity contribution in [2.45, 2.75) is 27.3 Å². The molecule has 1 amide bonds. The van der Waals surface area contributed by atoms with Gasteiger partial charge in [0.25, 0.3) is 5.91 Å². The van der Waals surface area contributed by atoms with Crippen molar-refractivity contribution in [1.82, 2.24) is 0 Å². The van der Waals surface area contributed by atoms with E-state index in [1.54, 1.807) is 54.3 Å². The lowest BCUT2D eigenvalue weighted by atomic mass is 10.0. The largest absolute Gasteiger partial charge is 0.462 e. The summed E-state index contributed by atoms with van der Waals surface area (Å²) < 4.78 is 5.04. The van der Waals surface area contributed by atoms with E-state index in [9.17, 15) is 9.59 Å². The van der Waals surface area contributed by atoms with Crippen molar-refractivity contribution < 1.29 is 14.3 Å². The van der Waals surface area contributed by atoms with Crippen molar-refractivity contribution in [3.05, 3.63) is 98.5 Å². The summed E-state index contributed by atoms with van der Waals surface area (Å²) in [5, 5.41) is 1.01. The summed E-state index contributed by atoms with van der Waals surface area (Å²) >= 11 is 12.4. The number of carbonyl (C=O) groups is 2. The first kappa shape index (κ1) is 22.9. The molecule has 0 aliphatic heterocycles. The van der Waals surface area contributed by atoms with Crippen molar-refractivity contribution >= 4 is 40.8 Å². The van der Waals surface area contributed by atoms with Gasteiger partial charge in [-0.3, -0.25) is 4.79 Å². The van der Waals surface area contributed by atoms with Crippen molar-refractivity contribution in [3.8, 4) is 0 Å². The first-order chi connectivity index (χ1) is 14.8. The van der Waals surface area contributed by atoms with Gasteiger partial charge in [0.05, 0.1) is 18.7 Å². The Hall–Kier alpha value is -2.82. The summed E-state index contributed by atoms with van der Waals surface area (Å²) in [5.74, 6) is -0.570. The quantitative estimate of drug-likeness (QED) is 0.391. The van der Waals surface area contributed by atoms with Gasteiger partial charge in [-0.25, -0.2) is 4.79 Å².